The number of halogens is 2. The summed E-state index contributed by atoms with van der Waals surface area (Å²) in [5.74, 6) is -0.234. The van der Waals surface area contributed by atoms with Gasteiger partial charge < -0.3 is 19.7 Å². The summed E-state index contributed by atoms with van der Waals surface area (Å²) in [5.41, 5.74) is 3.97. The van der Waals surface area contributed by atoms with Gasteiger partial charge in [-0.25, -0.2) is 13.1 Å². The van der Waals surface area contributed by atoms with Crippen molar-refractivity contribution in [2.75, 3.05) is 56.2 Å². The number of benzene rings is 5. The molecule has 0 aromatic heterocycles. The van der Waals surface area contributed by atoms with E-state index in [0.717, 1.165) is 55.4 Å². The third-order valence-electron chi connectivity index (χ3n) is 10.2. The highest BCUT2D eigenvalue weighted by atomic mass is 35.5. The minimum atomic E-state index is -4.54. The first-order valence-corrected chi connectivity index (χ1v) is 20.8. The molecule has 2 aliphatic rings. The summed E-state index contributed by atoms with van der Waals surface area (Å²) in [6, 6.07) is 31.3. The Balaban J connectivity index is 1.07. The van der Waals surface area contributed by atoms with Gasteiger partial charge in [0.25, 0.3) is 21.6 Å². The third kappa shape index (κ3) is 10.0. The van der Waals surface area contributed by atoms with E-state index in [-0.39, 0.29) is 22.9 Å². The average molecular weight is 831 g/mol. The maximum Gasteiger partial charge on any atom is 0.293 e. The highest BCUT2D eigenvalue weighted by Crippen LogP contribution is 2.34. The van der Waals surface area contributed by atoms with Gasteiger partial charge in [-0.1, -0.05) is 65.7 Å². The largest absolute Gasteiger partial charge is 0.456 e. The Kier molecular flexibility index (Phi) is 12.6. The molecule has 15 heteroatoms. The average Bonchev–Trinajstić information content (AvgIpc) is 3.21. The van der Waals surface area contributed by atoms with Gasteiger partial charge in [0.1, 0.15) is 17.2 Å². The van der Waals surface area contributed by atoms with Crippen LogP contribution in [-0.4, -0.2) is 70.1 Å². The van der Waals surface area contributed by atoms with Crippen LogP contribution in [0.2, 0.25) is 10.0 Å². The van der Waals surface area contributed by atoms with Crippen molar-refractivity contribution in [3.05, 3.63) is 140 Å². The molecule has 5 aromatic carbocycles. The zero-order valence-electron chi connectivity index (χ0n) is 30.9. The van der Waals surface area contributed by atoms with E-state index in [1.807, 2.05) is 36.4 Å². The van der Waals surface area contributed by atoms with E-state index in [9.17, 15) is 23.3 Å². The number of carbonyl (C=O) groups is 1. The topological polar surface area (TPSA) is 143 Å². The first-order valence-electron chi connectivity index (χ1n) is 18.6. The molecule has 0 saturated carbocycles. The monoisotopic (exact) mass is 829 g/mol. The summed E-state index contributed by atoms with van der Waals surface area (Å²) in [5, 5.41) is 16.2. The number of anilines is 2. The van der Waals surface area contributed by atoms with Crippen LogP contribution in [0.4, 0.5) is 17.1 Å². The number of amides is 1. The van der Waals surface area contributed by atoms with Gasteiger partial charge in [-0.2, -0.15) is 0 Å². The Morgan fingerprint density at radius 1 is 0.860 bits per heavy atom. The Morgan fingerprint density at radius 2 is 1.61 bits per heavy atom. The van der Waals surface area contributed by atoms with Crippen LogP contribution in [0.1, 0.15) is 28.8 Å². The van der Waals surface area contributed by atoms with E-state index in [4.69, 9.17) is 32.7 Å². The van der Waals surface area contributed by atoms with Crippen LogP contribution in [0.15, 0.2) is 114 Å². The number of hydrogen-bond donors (Lipinski definition) is 2. The Morgan fingerprint density at radius 3 is 2.35 bits per heavy atom. The maximum atomic E-state index is 13.7. The molecule has 0 radical (unpaired) electrons. The molecule has 7 rings (SSSR count). The fourth-order valence-electron chi connectivity index (χ4n) is 7.03. The van der Waals surface area contributed by atoms with Crippen LogP contribution in [0, 0.1) is 16.0 Å². The lowest BCUT2D eigenvalue weighted by Crippen LogP contribution is -2.46. The zero-order valence-corrected chi connectivity index (χ0v) is 33.2. The standard InChI is InChI=1S/C42H41Cl2N5O7S/c43-32-10-8-30(9-11-32)37-7-2-1-4-31(37)28-47-18-20-48(21-19-47)34-12-14-38(41(25-34)56-35-6-3-5-33(44)24-35)42(50)46-57(53,54)36-13-15-39(40(26-36)49(51)52)45-27-29-16-22-55-23-17-29/h1-15,24-26,29,45H,16-23,27-28H2,(H,46,50). The third-order valence-corrected chi connectivity index (χ3v) is 12.0. The molecule has 0 atom stereocenters. The van der Waals surface area contributed by atoms with Gasteiger partial charge in [0.15, 0.2) is 0 Å². The van der Waals surface area contributed by atoms with Crippen LogP contribution in [0.25, 0.3) is 11.1 Å². The van der Waals surface area contributed by atoms with Crippen molar-refractivity contribution in [1.82, 2.24) is 9.62 Å². The van der Waals surface area contributed by atoms with Crippen molar-refractivity contribution in [3.8, 4) is 22.6 Å². The number of nitrogens with zero attached hydrogens (tertiary/aromatic N) is 3. The highest BCUT2D eigenvalue weighted by molar-refractivity contribution is 7.90. The number of carbonyl (C=O) groups excluding carboxylic acids is 1. The number of piperazine rings is 1. The van der Waals surface area contributed by atoms with E-state index >= 15 is 0 Å². The molecular formula is C42H41Cl2N5O7S. The van der Waals surface area contributed by atoms with Crippen LogP contribution in [-0.2, 0) is 21.3 Å². The molecule has 0 spiro atoms. The first kappa shape index (κ1) is 40.0. The van der Waals surface area contributed by atoms with Gasteiger partial charge >= 0.3 is 0 Å². The van der Waals surface area contributed by atoms with E-state index in [1.165, 1.54) is 23.8 Å². The summed E-state index contributed by atoms with van der Waals surface area (Å²) in [6.45, 7) is 5.43. The number of nitrogens with one attached hydrogen (secondary N) is 2. The van der Waals surface area contributed by atoms with E-state index in [0.29, 0.717) is 48.6 Å². The fourth-order valence-corrected chi connectivity index (χ4v) is 8.32. The molecule has 2 aliphatic heterocycles. The number of rotatable bonds is 13. The molecule has 12 nitrogen and oxygen atoms in total. The van der Waals surface area contributed by atoms with Crippen LogP contribution in [0.3, 0.4) is 0 Å². The van der Waals surface area contributed by atoms with Crippen molar-refractivity contribution in [3.63, 3.8) is 0 Å². The van der Waals surface area contributed by atoms with Gasteiger partial charge in [-0.3, -0.25) is 19.8 Å². The quantitative estimate of drug-likeness (QED) is 0.0875. The second kappa shape index (κ2) is 18.0. The number of nitro benzene ring substituents is 1. The highest BCUT2D eigenvalue weighted by Gasteiger charge is 2.27. The molecule has 2 heterocycles. The van der Waals surface area contributed by atoms with Gasteiger partial charge in [0, 0.05) is 80.3 Å². The van der Waals surface area contributed by atoms with E-state index in [2.05, 4.69) is 32.0 Å². The predicted octanol–water partition coefficient (Wildman–Crippen LogP) is 8.64. The fraction of sp³-hybridized carbons (Fsp3) is 0.262. The summed E-state index contributed by atoms with van der Waals surface area (Å²) in [6.07, 6.45) is 1.64. The zero-order chi connectivity index (χ0) is 39.9. The lowest BCUT2D eigenvalue weighted by molar-refractivity contribution is -0.384. The van der Waals surface area contributed by atoms with Crippen LogP contribution >= 0.6 is 23.2 Å². The minimum Gasteiger partial charge on any atom is -0.456 e. The SMILES string of the molecule is O=C(NS(=O)(=O)c1ccc(NCC2CCOCC2)c([N+](=O)[O-])c1)c1ccc(N2CCN(Cc3ccccc3-c3ccc(Cl)cc3)CC2)cc1Oc1cccc(Cl)c1. The maximum absolute atomic E-state index is 13.7. The number of sulfonamides is 1. The molecule has 2 N–H and O–H groups in total. The normalized spacial score (nSPS) is 15.2. The minimum absolute atomic E-state index is 0.0519. The van der Waals surface area contributed by atoms with Crippen molar-refractivity contribution in [2.45, 2.75) is 24.3 Å². The molecule has 0 bridgehead atoms. The summed E-state index contributed by atoms with van der Waals surface area (Å²) in [7, 11) is -4.54. The molecule has 2 fully saturated rings. The molecule has 0 unspecified atom stereocenters. The lowest BCUT2D eigenvalue weighted by Gasteiger charge is -2.36. The molecule has 5 aromatic rings. The smallest absolute Gasteiger partial charge is 0.293 e. The molecule has 1 amide bonds. The van der Waals surface area contributed by atoms with Crippen molar-refractivity contribution in [2.24, 2.45) is 5.92 Å². The van der Waals surface area contributed by atoms with Crippen LogP contribution in [0.5, 0.6) is 11.5 Å². The Hall–Kier alpha value is -5.18. The number of ether oxygens (including phenoxy) is 2. The molecule has 0 aliphatic carbocycles. The second-order valence-corrected chi connectivity index (χ2v) is 16.5. The van der Waals surface area contributed by atoms with Crippen molar-refractivity contribution in [1.29, 1.82) is 0 Å². The number of hydrogen-bond acceptors (Lipinski definition) is 10. The Bertz CT molecular complexity index is 2350. The number of nitro groups is 1. The van der Waals surface area contributed by atoms with Gasteiger partial charge in [0.05, 0.1) is 15.4 Å². The second-order valence-electron chi connectivity index (χ2n) is 14.0. The van der Waals surface area contributed by atoms with Gasteiger partial charge in [-0.15, -0.1) is 0 Å². The van der Waals surface area contributed by atoms with Gasteiger partial charge in [0.2, 0.25) is 0 Å². The van der Waals surface area contributed by atoms with Crippen LogP contribution < -0.4 is 19.7 Å². The molecule has 57 heavy (non-hydrogen) atoms. The lowest BCUT2D eigenvalue weighted by atomic mass is 9.99. The summed E-state index contributed by atoms with van der Waals surface area (Å²) in [4.78, 5) is 29.2. The predicted molar refractivity (Wildman–Crippen MR) is 222 cm³/mol. The molecule has 296 valence electrons. The first-order chi connectivity index (χ1) is 27.5. The van der Waals surface area contributed by atoms with Crippen molar-refractivity contribution >= 4 is 56.2 Å². The Labute approximate surface area is 341 Å². The summed E-state index contributed by atoms with van der Waals surface area (Å²) >= 11 is 12.4. The summed E-state index contributed by atoms with van der Waals surface area (Å²) < 4.78 is 40.7. The molecule has 2 saturated heterocycles. The van der Waals surface area contributed by atoms with Gasteiger partial charge in [-0.05, 0) is 90.0 Å². The van der Waals surface area contributed by atoms with E-state index in [1.54, 1.807) is 36.4 Å². The van der Waals surface area contributed by atoms with E-state index < -0.39 is 31.4 Å². The van der Waals surface area contributed by atoms with Crippen molar-refractivity contribution < 1.29 is 27.6 Å². The molecular weight excluding hydrogens is 789 g/mol.